The molecule has 0 aliphatic heterocycles. The minimum Gasteiger partial charge on any atom is -0.487 e. The van der Waals surface area contributed by atoms with Crippen LogP contribution >= 0.6 is 136 Å². The number of thiophene rings is 12. The van der Waals surface area contributed by atoms with Gasteiger partial charge >= 0.3 is 0 Å². The van der Waals surface area contributed by atoms with Crippen LogP contribution < -0.4 is 18.9 Å². The summed E-state index contributed by atoms with van der Waals surface area (Å²) in [6.07, 6.45) is 0. The molecule has 12 aromatic carbocycles. The van der Waals surface area contributed by atoms with Crippen LogP contribution in [0.15, 0.2) is 271 Å². The molecular formula is C120H72O16S12. The Labute approximate surface area is 880 Å². The molecule has 24 heterocycles. The fourth-order valence-electron chi connectivity index (χ4n) is 21.6. The molecule has 0 saturated heterocycles. The van der Waals surface area contributed by atoms with Gasteiger partial charge in [0.2, 0.25) is 0 Å². The molecule has 0 N–H and O–H groups in total. The summed E-state index contributed by atoms with van der Waals surface area (Å²) in [6.45, 7) is 15.8. The molecule has 148 heavy (non-hydrogen) atoms. The Morgan fingerprint density at radius 3 is 0.730 bits per heavy atom. The predicted octanol–water partition coefficient (Wildman–Crippen LogP) is 43.1. The van der Waals surface area contributed by atoms with Crippen molar-refractivity contribution in [3.8, 4) is 20.3 Å². The summed E-state index contributed by atoms with van der Waals surface area (Å²) in [4.78, 5) is 0. The first-order chi connectivity index (χ1) is 72.3. The number of fused-ring (bicyclic) bond motifs is 54. The number of hydrogen-bond donors (Lipinski definition) is 0. The van der Waals surface area contributed by atoms with Crippen molar-refractivity contribution in [2.75, 3.05) is 28.4 Å². The minimum absolute atomic E-state index is 0.729. The van der Waals surface area contributed by atoms with Gasteiger partial charge in [-0.3, -0.25) is 0 Å². The van der Waals surface area contributed by atoms with Gasteiger partial charge in [-0.2, -0.15) is 0 Å². The molecule has 0 unspecified atom stereocenters. The van der Waals surface area contributed by atoms with Crippen LogP contribution in [-0.2, 0) is 0 Å². The van der Waals surface area contributed by atoms with E-state index in [2.05, 4.69) is 146 Å². The number of rotatable bonds is 4. The minimum atomic E-state index is 0.729. The first-order valence-electron chi connectivity index (χ1n) is 47.6. The summed E-state index contributed by atoms with van der Waals surface area (Å²) in [5.74, 6) is 7.33. The van der Waals surface area contributed by atoms with Crippen molar-refractivity contribution >= 4 is 449 Å². The van der Waals surface area contributed by atoms with E-state index in [1.54, 1.807) is 73.8 Å². The van der Waals surface area contributed by atoms with E-state index >= 15 is 0 Å². The van der Waals surface area contributed by atoms with Crippen LogP contribution in [0.25, 0.3) is 313 Å². The van der Waals surface area contributed by atoms with Gasteiger partial charge in [0.25, 0.3) is 0 Å². The highest BCUT2D eigenvalue weighted by Crippen LogP contribution is 2.58. The molecule has 36 aromatic rings. The zero-order valence-electron chi connectivity index (χ0n) is 80.2. The number of furan rings is 12. The van der Waals surface area contributed by atoms with Gasteiger partial charge in [-0.25, -0.2) is 0 Å². The molecule has 0 spiro atoms. The van der Waals surface area contributed by atoms with Crippen molar-refractivity contribution < 1.29 is 72.0 Å². The average Bonchev–Trinajstić information content (AvgIpc) is 1.58. The Kier molecular flexibility index (Phi) is 19.2. The molecule has 0 radical (unpaired) electrons. The van der Waals surface area contributed by atoms with Gasteiger partial charge in [-0.05, 0) is 200 Å². The maximum Gasteiger partial charge on any atom is 0.182 e. The van der Waals surface area contributed by atoms with Crippen LogP contribution in [0.3, 0.4) is 0 Å². The third-order valence-electron chi connectivity index (χ3n) is 28.1. The van der Waals surface area contributed by atoms with E-state index in [-0.39, 0.29) is 0 Å². The second kappa shape index (κ2) is 32.5. The fraction of sp³-hybridized carbons (Fsp3) is 0.100. The smallest absolute Gasteiger partial charge is 0.182 e. The Hall–Kier alpha value is -14.6. The van der Waals surface area contributed by atoms with E-state index in [1.807, 2.05) is 219 Å². The van der Waals surface area contributed by atoms with Crippen molar-refractivity contribution in [3.05, 3.63) is 264 Å². The molecule has 0 bridgehead atoms. The monoisotopic (exact) mass is 2150 g/mol. The molecule has 0 fully saturated rings. The predicted molar refractivity (Wildman–Crippen MR) is 630 cm³/mol. The van der Waals surface area contributed by atoms with Crippen LogP contribution in [0, 0.1) is 55.4 Å². The molecule has 0 atom stereocenters. The molecule has 0 saturated carbocycles. The van der Waals surface area contributed by atoms with Gasteiger partial charge in [-0.1, -0.05) is 118 Å². The number of aryl methyl sites for hydroxylation is 8. The molecule has 0 aliphatic carbocycles. The quantitative estimate of drug-likeness (QED) is 0.161. The van der Waals surface area contributed by atoms with Gasteiger partial charge in [0.1, 0.15) is 79.6 Å². The third kappa shape index (κ3) is 13.1. The van der Waals surface area contributed by atoms with Gasteiger partial charge in [0.15, 0.2) is 76.1 Å². The largest absolute Gasteiger partial charge is 0.487 e. The lowest BCUT2D eigenvalue weighted by atomic mass is 10.1. The van der Waals surface area contributed by atoms with Crippen LogP contribution in [-0.4, -0.2) is 28.4 Å². The van der Waals surface area contributed by atoms with Crippen LogP contribution in [0.2, 0.25) is 0 Å². The molecule has 24 aromatic heterocycles. The van der Waals surface area contributed by atoms with E-state index < -0.39 is 0 Å². The fourth-order valence-corrected chi connectivity index (χ4v) is 37.1. The number of hydrogen-bond acceptors (Lipinski definition) is 28. The standard InChI is InChI=1S/2C20H12O4.2C20H12O2S4.2C20H12O2S2/c1-9-7-13-15(21-9)5-3-11-17(13)23-20-12-4-6-16-14(8-10(2)22-16)18(12)24-19(11)20;1-9-7-11-3-5-13-17(15(11)21-9)23-20-14-6-4-12-8-10(2)22-16(12)18(14)24-19(13)20;1-21-15-7-11-13(23-15)5-3-9-17(11)25-20-10-4-6-14-12(8-16(22-2)24-14)18(10)26-19(9)20;1-21-13-7-9-3-5-11-17(15(9)23-13)25-20-12-6-4-10-8-14(22-2)24-16(10)18(12)26-19(11)20;1-9-7-13-15(21-9)5-3-11-17(13)23-20-12-4-6-16-14(8-10(2)22-16)18(12)24-19(11)20;1-9-7-11-3-5-13-17(15(11)21-9)23-20-14-6-4-12-8-10(2)22-16(12)18(14)24-19(13)20/h2*3-8H,1-2H3;2*3-8H,1-2H3;2*3-8H,1-2H3. The van der Waals surface area contributed by atoms with E-state index in [4.69, 9.17) is 72.0 Å². The van der Waals surface area contributed by atoms with Crippen LogP contribution in [0.1, 0.15) is 46.1 Å². The highest BCUT2D eigenvalue weighted by Gasteiger charge is 2.29. The Morgan fingerprint density at radius 2 is 0.372 bits per heavy atom. The molecule has 720 valence electrons. The molecular weight excluding hydrogens is 2080 g/mol. The summed E-state index contributed by atoms with van der Waals surface area (Å²) in [6, 6.07) is 76.5. The third-order valence-corrected chi connectivity index (χ3v) is 43.3. The molecule has 0 amide bonds. The van der Waals surface area contributed by atoms with Gasteiger partial charge in [0, 0.05) is 127 Å². The maximum absolute atomic E-state index is 6.20. The van der Waals surface area contributed by atoms with E-state index in [0.717, 1.165) is 199 Å². The number of methoxy groups -OCH3 is 4. The first-order valence-corrected chi connectivity index (χ1v) is 57.4. The maximum atomic E-state index is 6.20. The highest BCUT2D eigenvalue weighted by molar-refractivity contribution is 7.41. The topological polar surface area (TPSA) is 195 Å². The molecule has 0 aliphatic rings. The Morgan fingerprint density at radius 1 is 0.142 bits per heavy atom. The van der Waals surface area contributed by atoms with E-state index in [1.165, 1.54) is 180 Å². The summed E-state index contributed by atoms with van der Waals surface area (Å²) < 4.78 is 120. The summed E-state index contributed by atoms with van der Waals surface area (Å²) in [5, 5.41) is 32.3. The lowest BCUT2D eigenvalue weighted by Gasteiger charge is -1.93. The lowest BCUT2D eigenvalue weighted by molar-refractivity contribution is 0.427. The lowest BCUT2D eigenvalue weighted by Crippen LogP contribution is -1.73. The first kappa shape index (κ1) is 87.6. The summed E-state index contributed by atoms with van der Waals surface area (Å²) >= 11 is 21.9. The van der Waals surface area contributed by atoms with Crippen molar-refractivity contribution in [2.24, 2.45) is 0 Å². The number of ether oxygens (including phenoxy) is 4. The Balaban J connectivity index is 0.0000000803. The highest BCUT2D eigenvalue weighted by atomic mass is 32.1. The van der Waals surface area contributed by atoms with Crippen molar-refractivity contribution in [2.45, 2.75) is 55.4 Å². The summed E-state index contributed by atoms with van der Waals surface area (Å²) in [5.41, 5.74) is 13.3. The van der Waals surface area contributed by atoms with Crippen molar-refractivity contribution in [3.63, 3.8) is 0 Å². The van der Waals surface area contributed by atoms with E-state index in [9.17, 15) is 0 Å². The molecule has 28 heteroatoms. The van der Waals surface area contributed by atoms with Crippen molar-refractivity contribution in [1.29, 1.82) is 0 Å². The van der Waals surface area contributed by atoms with Crippen molar-refractivity contribution in [1.82, 2.24) is 0 Å². The van der Waals surface area contributed by atoms with E-state index in [0.29, 0.717) is 0 Å². The normalized spacial score (nSPS) is 12.5. The zero-order chi connectivity index (χ0) is 98.8. The number of benzene rings is 12. The van der Waals surface area contributed by atoms with Gasteiger partial charge < -0.3 is 72.0 Å². The van der Waals surface area contributed by atoms with Gasteiger partial charge in [0.05, 0.1) is 127 Å². The second-order valence-electron chi connectivity index (χ2n) is 37.4. The van der Waals surface area contributed by atoms with Crippen LogP contribution in [0.4, 0.5) is 0 Å². The molecule has 36 rings (SSSR count). The summed E-state index contributed by atoms with van der Waals surface area (Å²) in [7, 11) is 6.96. The zero-order valence-corrected chi connectivity index (χ0v) is 90.0. The van der Waals surface area contributed by atoms with Crippen LogP contribution in [0.5, 0.6) is 20.3 Å². The average molecular weight is 2150 g/mol. The second-order valence-corrected chi connectivity index (χ2v) is 49.7. The Bertz CT molecular complexity index is 10300. The van der Waals surface area contributed by atoms with Gasteiger partial charge in [-0.15, -0.1) is 90.7 Å². The molecule has 16 nitrogen and oxygen atoms in total. The SMILES string of the molecule is COc1cc2c(ccc3c2sc2c4ccc5sc(OC)cc5c4sc32)s1.COc1cc2ccc3c(sc4c5ccc6cc(OC)sc6c5sc34)c2s1.Cc1cc2c(ccc3c2oc2c4ccc5oc(C)cc5c4oc32)o1.Cc1cc2c(ccc3c2sc2c4ccc5oc(C)cc5c4sc32)o1.Cc1cc2ccc3c(oc4c5ccc6cc(C)oc6c5oc34)c2o1.Cc1cc2ccc3c(sc4c5ccc6cc(C)oc6c5sc34)c2o1.